The van der Waals surface area contributed by atoms with Crippen LogP contribution in [0.25, 0.3) is 0 Å². The average Bonchev–Trinajstić information content (AvgIpc) is 2.51. The van der Waals surface area contributed by atoms with Crippen LogP contribution in [0.3, 0.4) is 0 Å². The lowest BCUT2D eigenvalue weighted by atomic mass is 10.1. The second-order valence-corrected chi connectivity index (χ2v) is 10.3. The Kier molecular flexibility index (Phi) is 6.41. The number of benzene rings is 2. The Labute approximate surface area is 173 Å². The van der Waals surface area contributed by atoms with E-state index in [0.29, 0.717) is 21.8 Å². The molecule has 5 nitrogen and oxygen atoms in total. The molecular formula is C19H22BrClN2O3S. The van der Waals surface area contributed by atoms with Gasteiger partial charge < -0.3 is 4.90 Å². The van der Waals surface area contributed by atoms with Gasteiger partial charge in [-0.2, -0.15) is 0 Å². The first-order valence-corrected chi connectivity index (χ1v) is 10.8. The van der Waals surface area contributed by atoms with Crippen LogP contribution in [0.15, 0.2) is 45.8 Å². The lowest BCUT2D eigenvalue weighted by Gasteiger charge is -2.22. The minimum atomic E-state index is -3.75. The van der Waals surface area contributed by atoms with Crippen LogP contribution in [0.2, 0.25) is 5.02 Å². The summed E-state index contributed by atoms with van der Waals surface area (Å²) < 4.78 is 28.6. The van der Waals surface area contributed by atoms with E-state index in [4.69, 9.17) is 11.6 Å². The van der Waals surface area contributed by atoms with Gasteiger partial charge in [0.15, 0.2) is 0 Å². The third-order valence-corrected chi connectivity index (χ3v) is 6.32. The standard InChI is InChI=1S/C19H22BrClN2O3S/c1-12-6-8-14(27(25,26)22-19(2,3)4)11-15(12)18(24)23(5)17-9-7-13(20)10-16(17)21/h6-11,22H,1-5H3. The minimum absolute atomic E-state index is 0.0432. The molecule has 0 spiro atoms. The van der Waals surface area contributed by atoms with Crippen LogP contribution in [-0.4, -0.2) is 26.9 Å². The first-order chi connectivity index (χ1) is 12.3. The fraction of sp³-hybridized carbons (Fsp3) is 0.316. The van der Waals surface area contributed by atoms with E-state index in [0.717, 1.165) is 4.47 Å². The van der Waals surface area contributed by atoms with E-state index in [2.05, 4.69) is 20.7 Å². The monoisotopic (exact) mass is 472 g/mol. The number of rotatable bonds is 4. The Morgan fingerprint density at radius 3 is 2.33 bits per heavy atom. The smallest absolute Gasteiger partial charge is 0.258 e. The van der Waals surface area contributed by atoms with Crippen LogP contribution in [0.5, 0.6) is 0 Å². The van der Waals surface area contributed by atoms with Crippen molar-refractivity contribution < 1.29 is 13.2 Å². The number of sulfonamides is 1. The average molecular weight is 474 g/mol. The summed E-state index contributed by atoms with van der Waals surface area (Å²) >= 11 is 9.58. The summed E-state index contributed by atoms with van der Waals surface area (Å²) in [4.78, 5) is 14.5. The zero-order chi connectivity index (χ0) is 20.6. The molecule has 0 saturated carbocycles. The van der Waals surface area contributed by atoms with Gasteiger partial charge >= 0.3 is 0 Å². The number of hydrogen-bond donors (Lipinski definition) is 1. The van der Waals surface area contributed by atoms with Gasteiger partial charge in [0.25, 0.3) is 5.91 Å². The highest BCUT2D eigenvalue weighted by Gasteiger charge is 2.25. The molecular weight excluding hydrogens is 452 g/mol. The summed E-state index contributed by atoms with van der Waals surface area (Å²) in [5, 5.41) is 0.413. The second-order valence-electron chi connectivity index (χ2n) is 7.29. The lowest BCUT2D eigenvalue weighted by Crippen LogP contribution is -2.40. The van der Waals surface area contributed by atoms with Crippen molar-refractivity contribution in [2.24, 2.45) is 0 Å². The molecule has 0 bridgehead atoms. The molecule has 146 valence electrons. The molecule has 0 aliphatic heterocycles. The molecule has 0 aliphatic rings. The van der Waals surface area contributed by atoms with Crippen molar-refractivity contribution in [2.75, 3.05) is 11.9 Å². The number of anilines is 1. The maximum atomic E-state index is 13.0. The van der Waals surface area contributed by atoms with Crippen molar-refractivity contribution in [3.63, 3.8) is 0 Å². The molecule has 1 N–H and O–H groups in total. The molecule has 0 radical (unpaired) electrons. The van der Waals surface area contributed by atoms with Crippen molar-refractivity contribution in [2.45, 2.75) is 38.1 Å². The Balaban J connectivity index is 2.45. The second kappa shape index (κ2) is 7.91. The SMILES string of the molecule is Cc1ccc(S(=O)(=O)NC(C)(C)C)cc1C(=O)N(C)c1ccc(Br)cc1Cl. The molecule has 0 fully saturated rings. The molecule has 8 heteroatoms. The highest BCUT2D eigenvalue weighted by atomic mass is 79.9. The molecule has 0 atom stereocenters. The van der Waals surface area contributed by atoms with E-state index in [-0.39, 0.29) is 10.8 Å². The molecule has 0 heterocycles. The van der Waals surface area contributed by atoms with Crippen LogP contribution in [-0.2, 0) is 10.0 Å². The van der Waals surface area contributed by atoms with E-state index < -0.39 is 15.6 Å². The largest absolute Gasteiger partial charge is 0.310 e. The summed E-state index contributed by atoms with van der Waals surface area (Å²) in [6, 6.07) is 9.72. The number of halogens is 2. The lowest BCUT2D eigenvalue weighted by molar-refractivity contribution is 0.0992. The van der Waals surface area contributed by atoms with E-state index >= 15 is 0 Å². The van der Waals surface area contributed by atoms with Gasteiger partial charge in [-0.05, 0) is 63.6 Å². The molecule has 0 saturated heterocycles. The van der Waals surface area contributed by atoms with Gasteiger partial charge in [-0.25, -0.2) is 13.1 Å². The van der Waals surface area contributed by atoms with Crippen molar-refractivity contribution in [1.82, 2.24) is 4.72 Å². The van der Waals surface area contributed by atoms with Crippen LogP contribution < -0.4 is 9.62 Å². The fourth-order valence-corrected chi connectivity index (χ4v) is 4.75. The number of aryl methyl sites for hydroxylation is 1. The Morgan fingerprint density at radius 1 is 1.15 bits per heavy atom. The highest BCUT2D eigenvalue weighted by Crippen LogP contribution is 2.30. The predicted molar refractivity (Wildman–Crippen MR) is 113 cm³/mol. The summed E-state index contributed by atoms with van der Waals surface area (Å²) in [5.41, 5.74) is 0.878. The summed E-state index contributed by atoms with van der Waals surface area (Å²) in [5.74, 6) is -0.343. The van der Waals surface area contributed by atoms with Crippen molar-refractivity contribution in [3.8, 4) is 0 Å². The fourth-order valence-electron chi connectivity index (χ4n) is 2.50. The molecule has 0 aliphatic carbocycles. The zero-order valence-corrected chi connectivity index (χ0v) is 19.0. The third kappa shape index (κ3) is 5.31. The summed E-state index contributed by atoms with van der Waals surface area (Å²) in [6.45, 7) is 7.04. The Hall–Kier alpha value is -1.41. The third-order valence-electron chi connectivity index (χ3n) is 3.77. The molecule has 27 heavy (non-hydrogen) atoms. The van der Waals surface area contributed by atoms with Gasteiger partial charge in [0, 0.05) is 22.6 Å². The maximum Gasteiger partial charge on any atom is 0.258 e. The molecule has 2 aromatic rings. The van der Waals surface area contributed by atoms with Gasteiger partial charge in [-0.3, -0.25) is 4.79 Å². The molecule has 0 unspecified atom stereocenters. The number of carbonyl (C=O) groups is 1. The number of hydrogen-bond acceptors (Lipinski definition) is 3. The van der Waals surface area contributed by atoms with Crippen LogP contribution in [0.1, 0.15) is 36.7 Å². The van der Waals surface area contributed by atoms with Crippen LogP contribution >= 0.6 is 27.5 Å². The van der Waals surface area contributed by atoms with E-state index in [1.54, 1.807) is 59.0 Å². The molecule has 1 amide bonds. The van der Waals surface area contributed by atoms with Gasteiger partial charge in [0.2, 0.25) is 10.0 Å². The first kappa shape index (κ1) is 21.9. The summed E-state index contributed by atoms with van der Waals surface area (Å²) in [7, 11) is -2.15. The van der Waals surface area contributed by atoms with Gasteiger partial charge in [-0.1, -0.05) is 33.6 Å². The summed E-state index contributed by atoms with van der Waals surface area (Å²) in [6.07, 6.45) is 0. The van der Waals surface area contributed by atoms with Crippen molar-refractivity contribution in [3.05, 3.63) is 57.0 Å². The Bertz CT molecular complexity index is 985. The van der Waals surface area contributed by atoms with E-state index in [9.17, 15) is 13.2 Å². The van der Waals surface area contributed by atoms with Gasteiger partial charge in [0.1, 0.15) is 0 Å². The maximum absolute atomic E-state index is 13.0. The first-order valence-electron chi connectivity index (χ1n) is 8.19. The number of nitrogens with zero attached hydrogens (tertiary/aromatic N) is 1. The number of nitrogens with one attached hydrogen (secondary N) is 1. The van der Waals surface area contributed by atoms with Gasteiger partial charge in [-0.15, -0.1) is 0 Å². The van der Waals surface area contributed by atoms with Crippen molar-refractivity contribution >= 4 is 49.1 Å². The van der Waals surface area contributed by atoms with Crippen molar-refractivity contribution in [1.29, 1.82) is 0 Å². The molecule has 2 rings (SSSR count). The topological polar surface area (TPSA) is 66.5 Å². The highest BCUT2D eigenvalue weighted by molar-refractivity contribution is 9.10. The Morgan fingerprint density at radius 2 is 1.78 bits per heavy atom. The molecule has 0 aromatic heterocycles. The van der Waals surface area contributed by atoms with Crippen LogP contribution in [0.4, 0.5) is 5.69 Å². The molecule has 2 aromatic carbocycles. The van der Waals surface area contributed by atoms with E-state index in [1.165, 1.54) is 17.0 Å². The zero-order valence-electron chi connectivity index (χ0n) is 15.8. The quantitative estimate of drug-likeness (QED) is 0.696. The number of amides is 1. The predicted octanol–water partition coefficient (Wildman–Crippen LogP) is 4.76. The number of carbonyl (C=O) groups excluding carboxylic acids is 1. The van der Waals surface area contributed by atoms with E-state index in [1.807, 2.05) is 0 Å². The van der Waals surface area contributed by atoms with Gasteiger partial charge in [0.05, 0.1) is 15.6 Å². The minimum Gasteiger partial charge on any atom is -0.310 e. The normalized spacial score (nSPS) is 12.1. The van der Waals surface area contributed by atoms with Crippen LogP contribution in [0, 0.1) is 6.92 Å².